The van der Waals surface area contributed by atoms with Crippen LogP contribution >= 0.6 is 0 Å². The zero-order chi connectivity index (χ0) is 22.0. The second-order valence-electron chi connectivity index (χ2n) is 7.46. The summed E-state index contributed by atoms with van der Waals surface area (Å²) in [6.07, 6.45) is -2.00. The molecular formula is C23H21F3N4O. The van der Waals surface area contributed by atoms with E-state index in [1.54, 1.807) is 29.2 Å². The largest absolute Gasteiger partial charge is 0.416 e. The molecule has 5 nitrogen and oxygen atoms in total. The quantitative estimate of drug-likeness (QED) is 0.560. The molecule has 0 unspecified atom stereocenters. The van der Waals surface area contributed by atoms with Gasteiger partial charge in [-0.3, -0.25) is 10.2 Å². The van der Waals surface area contributed by atoms with Gasteiger partial charge >= 0.3 is 12.2 Å². The molecular weight excluding hydrogens is 405 g/mol. The molecule has 0 bridgehead atoms. The number of amides is 2. The van der Waals surface area contributed by atoms with Crippen molar-refractivity contribution in [1.82, 2.24) is 9.97 Å². The number of aryl methyl sites for hydroxylation is 2. The molecule has 2 amide bonds. The van der Waals surface area contributed by atoms with Crippen LogP contribution in [-0.4, -0.2) is 22.5 Å². The number of pyridine rings is 2. The van der Waals surface area contributed by atoms with Gasteiger partial charge in [0.15, 0.2) is 0 Å². The SMILES string of the molecule is Cc1cccc(NC(=O)N2CCCCc3ccc(-c4cccc(C(F)(F)F)c4)nc32)n1. The zero-order valence-electron chi connectivity index (χ0n) is 16.9. The van der Waals surface area contributed by atoms with Gasteiger partial charge in [-0.1, -0.05) is 24.3 Å². The van der Waals surface area contributed by atoms with E-state index >= 15 is 0 Å². The van der Waals surface area contributed by atoms with E-state index in [0.29, 0.717) is 29.4 Å². The molecule has 1 aromatic carbocycles. The first kappa shape index (κ1) is 20.8. The summed E-state index contributed by atoms with van der Waals surface area (Å²) in [5.74, 6) is 0.905. The van der Waals surface area contributed by atoms with Gasteiger partial charge in [0, 0.05) is 17.8 Å². The Hall–Kier alpha value is -3.42. The first-order valence-corrected chi connectivity index (χ1v) is 10.0. The summed E-state index contributed by atoms with van der Waals surface area (Å²) in [4.78, 5) is 23.5. The Morgan fingerprint density at radius 1 is 1.03 bits per heavy atom. The number of nitrogens with zero attached hydrogens (tertiary/aromatic N) is 3. The molecule has 31 heavy (non-hydrogen) atoms. The molecule has 0 radical (unpaired) electrons. The molecule has 1 aliphatic heterocycles. The van der Waals surface area contributed by atoms with Crippen LogP contribution < -0.4 is 10.2 Å². The van der Waals surface area contributed by atoms with Crippen molar-refractivity contribution >= 4 is 17.7 Å². The van der Waals surface area contributed by atoms with Crippen molar-refractivity contribution in [3.05, 3.63) is 71.4 Å². The smallest absolute Gasteiger partial charge is 0.292 e. The third-order valence-electron chi connectivity index (χ3n) is 5.14. The van der Waals surface area contributed by atoms with Crippen LogP contribution in [0.2, 0.25) is 0 Å². The highest BCUT2D eigenvalue weighted by Crippen LogP contribution is 2.33. The summed E-state index contributed by atoms with van der Waals surface area (Å²) in [5.41, 5.74) is 1.67. The monoisotopic (exact) mass is 426 g/mol. The van der Waals surface area contributed by atoms with Crippen molar-refractivity contribution in [2.75, 3.05) is 16.8 Å². The van der Waals surface area contributed by atoms with Gasteiger partial charge in [0.1, 0.15) is 11.6 Å². The fourth-order valence-corrected chi connectivity index (χ4v) is 3.60. The van der Waals surface area contributed by atoms with Crippen molar-refractivity contribution in [2.45, 2.75) is 32.4 Å². The van der Waals surface area contributed by atoms with E-state index in [-0.39, 0.29) is 6.03 Å². The first-order valence-electron chi connectivity index (χ1n) is 10.0. The van der Waals surface area contributed by atoms with E-state index in [0.717, 1.165) is 42.7 Å². The van der Waals surface area contributed by atoms with E-state index in [1.807, 2.05) is 19.1 Å². The molecule has 0 saturated carbocycles. The lowest BCUT2D eigenvalue weighted by Gasteiger charge is -2.22. The summed E-state index contributed by atoms with van der Waals surface area (Å²) in [5, 5.41) is 2.80. The normalized spacial score (nSPS) is 14.0. The molecule has 4 rings (SSSR count). The highest BCUT2D eigenvalue weighted by Gasteiger charge is 2.31. The van der Waals surface area contributed by atoms with Gasteiger partial charge in [-0.2, -0.15) is 13.2 Å². The maximum Gasteiger partial charge on any atom is 0.416 e. The minimum atomic E-state index is -4.44. The fourth-order valence-electron chi connectivity index (χ4n) is 3.60. The minimum absolute atomic E-state index is 0.350. The van der Waals surface area contributed by atoms with Gasteiger partial charge in [0.25, 0.3) is 0 Å². The maximum atomic E-state index is 13.1. The standard InChI is InChI=1S/C23H21F3N4O/c1-15-6-4-10-20(27-15)29-22(31)30-13-3-2-7-16-11-12-19(28-21(16)30)17-8-5-9-18(14-17)23(24,25)26/h4-6,8-12,14H,2-3,7,13H2,1H3,(H,27,29,31). The lowest BCUT2D eigenvalue weighted by atomic mass is 10.0. The van der Waals surface area contributed by atoms with E-state index in [9.17, 15) is 18.0 Å². The summed E-state index contributed by atoms with van der Waals surface area (Å²) in [6, 6.07) is 13.6. The lowest BCUT2D eigenvalue weighted by molar-refractivity contribution is -0.137. The number of aromatic nitrogens is 2. The Morgan fingerprint density at radius 2 is 1.84 bits per heavy atom. The van der Waals surface area contributed by atoms with Gasteiger partial charge < -0.3 is 0 Å². The Labute approximate surface area is 178 Å². The van der Waals surface area contributed by atoms with Crippen LogP contribution in [0, 0.1) is 6.92 Å². The average molecular weight is 426 g/mol. The molecule has 0 spiro atoms. The Kier molecular flexibility index (Phi) is 5.63. The van der Waals surface area contributed by atoms with Crippen LogP contribution in [0.25, 0.3) is 11.3 Å². The van der Waals surface area contributed by atoms with Crippen LogP contribution in [0.3, 0.4) is 0 Å². The van der Waals surface area contributed by atoms with Gasteiger partial charge in [0.05, 0.1) is 11.3 Å². The number of hydrogen-bond acceptors (Lipinski definition) is 3. The third-order valence-corrected chi connectivity index (χ3v) is 5.14. The lowest BCUT2D eigenvalue weighted by Crippen LogP contribution is -2.36. The van der Waals surface area contributed by atoms with Crippen molar-refractivity contribution < 1.29 is 18.0 Å². The second-order valence-corrected chi connectivity index (χ2v) is 7.46. The minimum Gasteiger partial charge on any atom is -0.292 e. The Morgan fingerprint density at radius 3 is 2.61 bits per heavy atom. The number of hydrogen-bond donors (Lipinski definition) is 1. The third kappa shape index (κ3) is 4.68. The predicted octanol–water partition coefficient (Wildman–Crippen LogP) is 5.85. The number of urea groups is 1. The summed E-state index contributed by atoms with van der Waals surface area (Å²) >= 11 is 0. The predicted molar refractivity (Wildman–Crippen MR) is 113 cm³/mol. The number of alkyl halides is 3. The summed E-state index contributed by atoms with van der Waals surface area (Å²) in [6.45, 7) is 2.30. The first-order chi connectivity index (χ1) is 14.8. The molecule has 8 heteroatoms. The van der Waals surface area contributed by atoms with Crippen molar-refractivity contribution in [3.63, 3.8) is 0 Å². The second kappa shape index (κ2) is 8.37. The molecule has 0 aliphatic carbocycles. The number of rotatable bonds is 2. The summed E-state index contributed by atoms with van der Waals surface area (Å²) < 4.78 is 39.4. The van der Waals surface area contributed by atoms with Crippen molar-refractivity contribution in [1.29, 1.82) is 0 Å². The van der Waals surface area contributed by atoms with Crippen molar-refractivity contribution in [2.24, 2.45) is 0 Å². The van der Waals surface area contributed by atoms with E-state index in [4.69, 9.17) is 0 Å². The van der Waals surface area contributed by atoms with Crippen LogP contribution in [-0.2, 0) is 12.6 Å². The molecule has 0 fully saturated rings. The molecule has 3 aromatic rings. The van der Waals surface area contributed by atoms with E-state index in [2.05, 4.69) is 15.3 Å². The molecule has 3 heterocycles. The van der Waals surface area contributed by atoms with E-state index in [1.165, 1.54) is 6.07 Å². The topological polar surface area (TPSA) is 58.1 Å². The number of anilines is 2. The fraction of sp³-hybridized carbons (Fsp3) is 0.261. The van der Waals surface area contributed by atoms with E-state index < -0.39 is 11.7 Å². The van der Waals surface area contributed by atoms with Crippen LogP contribution in [0.4, 0.5) is 29.6 Å². The van der Waals surface area contributed by atoms with Gasteiger partial charge in [0.2, 0.25) is 0 Å². The Bertz CT molecular complexity index is 1110. The molecule has 1 aliphatic rings. The maximum absolute atomic E-state index is 13.1. The molecule has 0 atom stereocenters. The van der Waals surface area contributed by atoms with Gasteiger partial charge in [-0.25, -0.2) is 14.8 Å². The van der Waals surface area contributed by atoms with Crippen LogP contribution in [0.1, 0.15) is 29.7 Å². The number of carbonyl (C=O) groups excluding carboxylic acids is 1. The molecule has 1 N–H and O–H groups in total. The van der Waals surface area contributed by atoms with Gasteiger partial charge in [-0.15, -0.1) is 0 Å². The van der Waals surface area contributed by atoms with Crippen molar-refractivity contribution in [3.8, 4) is 11.3 Å². The number of nitrogens with one attached hydrogen (secondary N) is 1. The number of halogens is 3. The number of fused-ring (bicyclic) bond motifs is 1. The van der Waals surface area contributed by atoms with Gasteiger partial charge in [-0.05, 0) is 62.1 Å². The molecule has 160 valence electrons. The highest BCUT2D eigenvalue weighted by atomic mass is 19.4. The van der Waals surface area contributed by atoms with Crippen LogP contribution in [0.15, 0.2) is 54.6 Å². The average Bonchev–Trinajstić information content (AvgIpc) is 2.95. The molecule has 0 saturated heterocycles. The van der Waals surface area contributed by atoms with Crippen LogP contribution in [0.5, 0.6) is 0 Å². The highest BCUT2D eigenvalue weighted by molar-refractivity contribution is 6.01. The Balaban J connectivity index is 1.69. The summed E-state index contributed by atoms with van der Waals surface area (Å²) in [7, 11) is 0. The number of benzene rings is 1. The zero-order valence-corrected chi connectivity index (χ0v) is 16.9. The number of carbonyl (C=O) groups is 1. The molecule has 2 aromatic heterocycles.